The van der Waals surface area contributed by atoms with Crippen LogP contribution in [-0.4, -0.2) is 9.13 Å². The van der Waals surface area contributed by atoms with Gasteiger partial charge in [-0.1, -0.05) is 133 Å². The number of nitriles is 5. The van der Waals surface area contributed by atoms with E-state index in [9.17, 15) is 26.3 Å². The number of benzene rings is 10. The molecule has 0 spiro atoms. The van der Waals surface area contributed by atoms with Crippen LogP contribution < -0.4 is 0 Å². The van der Waals surface area contributed by atoms with Gasteiger partial charge in [-0.2, -0.15) is 52.7 Å². The van der Waals surface area contributed by atoms with Gasteiger partial charge >= 0.3 is 12.4 Å². The van der Waals surface area contributed by atoms with E-state index in [1.54, 1.807) is 138 Å². The molecule has 0 atom stereocenters. The largest absolute Gasteiger partial charge is 0.417 e. The van der Waals surface area contributed by atoms with E-state index in [0.717, 1.165) is 0 Å². The van der Waals surface area contributed by atoms with E-state index in [-0.39, 0.29) is 28.0 Å². The number of hydrogen-bond acceptors (Lipinski definition) is 5. The fourth-order valence-corrected chi connectivity index (χ4v) is 11.2. The normalized spacial score (nSPS) is 11.6. The molecule has 0 saturated carbocycles. The lowest BCUT2D eigenvalue weighted by molar-refractivity contribution is -0.142. The third kappa shape index (κ3) is 8.04. The van der Waals surface area contributed by atoms with Crippen LogP contribution in [0.3, 0.4) is 0 Å². The van der Waals surface area contributed by atoms with E-state index in [1.165, 1.54) is 16.7 Å². The van der Waals surface area contributed by atoms with Crippen molar-refractivity contribution in [1.29, 1.82) is 26.3 Å². The lowest BCUT2D eigenvalue weighted by atomic mass is 9.90. The van der Waals surface area contributed by atoms with Gasteiger partial charge in [0.2, 0.25) is 0 Å². The predicted octanol–water partition coefficient (Wildman–Crippen LogP) is 17.6. The molecule has 0 aliphatic heterocycles. The van der Waals surface area contributed by atoms with Crippen LogP contribution in [0.1, 0.15) is 38.9 Å². The molecule has 0 aliphatic carbocycles. The number of alkyl halides is 6. The van der Waals surface area contributed by atoms with Crippen LogP contribution in [0.15, 0.2) is 200 Å². The quantitative estimate of drug-likeness (QED) is 0.147. The first-order valence-electron chi connectivity index (χ1n) is 24.8. The number of nitrogens with zero attached hydrogens (tertiary/aromatic N) is 7. The molecule has 0 radical (unpaired) electrons. The molecule has 13 heteroatoms. The van der Waals surface area contributed by atoms with Crippen molar-refractivity contribution in [2.45, 2.75) is 12.4 Å². The minimum atomic E-state index is -5.35. The minimum absolute atomic E-state index is 0.0627. The molecule has 80 heavy (non-hydrogen) atoms. The maximum atomic E-state index is 15.7. The topological polar surface area (TPSA) is 129 Å². The molecule has 0 unspecified atom stereocenters. The Labute approximate surface area is 452 Å². The highest BCUT2D eigenvalue weighted by Crippen LogP contribution is 2.50. The van der Waals surface area contributed by atoms with E-state index in [1.807, 2.05) is 36.4 Å². The van der Waals surface area contributed by atoms with Gasteiger partial charge in [-0.15, -0.1) is 0 Å². The second-order valence-electron chi connectivity index (χ2n) is 18.9. The molecule has 10 aromatic carbocycles. The van der Waals surface area contributed by atoms with Gasteiger partial charge in [-0.3, -0.25) is 0 Å². The van der Waals surface area contributed by atoms with Crippen molar-refractivity contribution in [3.8, 4) is 97.4 Å². The number of aromatic nitrogens is 2. The van der Waals surface area contributed by atoms with Gasteiger partial charge in [0.25, 0.3) is 0 Å². The summed E-state index contributed by atoms with van der Waals surface area (Å²) in [5.74, 6) is 0. The van der Waals surface area contributed by atoms with Gasteiger partial charge in [0.15, 0.2) is 0 Å². The van der Waals surface area contributed by atoms with Gasteiger partial charge in [0.05, 0.1) is 91.1 Å². The molecule has 2 aromatic heterocycles. The van der Waals surface area contributed by atoms with Gasteiger partial charge in [-0.25, -0.2) is 0 Å². The zero-order valence-corrected chi connectivity index (χ0v) is 41.5. The molecule has 2 heterocycles. The third-order valence-corrected chi connectivity index (χ3v) is 14.6. The summed E-state index contributed by atoms with van der Waals surface area (Å²) >= 11 is 0. The summed E-state index contributed by atoms with van der Waals surface area (Å²) < 4.78 is 97.3. The molecule has 0 N–H and O–H groups in total. The average Bonchev–Trinajstić information content (AvgIpc) is 4.08. The summed E-state index contributed by atoms with van der Waals surface area (Å²) in [7, 11) is 0. The van der Waals surface area contributed by atoms with Crippen molar-refractivity contribution < 1.29 is 26.3 Å². The minimum Gasteiger partial charge on any atom is -0.308 e. The fraction of sp³-hybridized carbons (Fsp3) is 0.0299. The van der Waals surface area contributed by atoms with Crippen molar-refractivity contribution in [3.63, 3.8) is 0 Å². The highest BCUT2D eigenvalue weighted by atomic mass is 19.4. The third-order valence-electron chi connectivity index (χ3n) is 14.6. The second kappa shape index (κ2) is 19.1. The van der Waals surface area contributed by atoms with Gasteiger partial charge in [-0.05, 0) is 111 Å². The summed E-state index contributed by atoms with van der Waals surface area (Å²) in [6, 6.07) is 64.6. The van der Waals surface area contributed by atoms with Crippen molar-refractivity contribution >= 4 is 43.6 Å². The van der Waals surface area contributed by atoms with Gasteiger partial charge in [0, 0.05) is 32.7 Å². The standard InChI is InChI=1S/C67H33F6N7/c68-66(69,70)57-18-9-19-58(67(71,72)73)64(57)55-28-29-59(79-60-30-39(47-14-5-1-10-43(47)34-74)20-24-51(60)52-25-21-40(31-61(52)79)48-15-6-2-11-44(48)35-75)56(38-78)65(55)80-62-32-41(49-16-7-3-12-45(49)36-76)22-26-53(62)54-27-23-42(33-63(54)80)50-17-8-4-13-46(50)37-77/h1-33H. The molecule has 0 saturated heterocycles. The number of halogens is 6. The Balaban J connectivity index is 1.30. The first-order chi connectivity index (χ1) is 38.8. The Morgan fingerprint density at radius 2 is 0.637 bits per heavy atom. The highest BCUT2D eigenvalue weighted by molar-refractivity contribution is 6.14. The molecule has 12 aromatic rings. The lowest BCUT2D eigenvalue weighted by Crippen LogP contribution is -2.16. The Hall–Kier alpha value is -11.2. The van der Waals surface area contributed by atoms with Crippen LogP contribution in [0.2, 0.25) is 0 Å². The van der Waals surface area contributed by atoms with Crippen molar-refractivity contribution in [3.05, 3.63) is 239 Å². The molecular weight excluding hydrogens is 1020 g/mol. The molecule has 7 nitrogen and oxygen atoms in total. The Morgan fingerprint density at radius 3 is 0.950 bits per heavy atom. The fourth-order valence-electron chi connectivity index (χ4n) is 11.2. The molecule has 378 valence electrons. The zero-order valence-electron chi connectivity index (χ0n) is 41.5. The van der Waals surface area contributed by atoms with Crippen LogP contribution >= 0.6 is 0 Å². The maximum Gasteiger partial charge on any atom is 0.417 e. The summed E-state index contributed by atoms with van der Waals surface area (Å²) in [5.41, 5.74) is 1.42. The second-order valence-corrected chi connectivity index (χ2v) is 18.9. The summed E-state index contributed by atoms with van der Waals surface area (Å²) in [6.45, 7) is 0. The van der Waals surface area contributed by atoms with Crippen LogP contribution in [-0.2, 0) is 12.4 Å². The van der Waals surface area contributed by atoms with E-state index in [4.69, 9.17) is 0 Å². The first kappa shape index (κ1) is 49.7. The molecule has 0 amide bonds. The monoisotopic (exact) mass is 1050 g/mol. The van der Waals surface area contributed by atoms with E-state index in [0.29, 0.717) is 118 Å². The predicted molar refractivity (Wildman–Crippen MR) is 296 cm³/mol. The molecule has 0 bridgehead atoms. The van der Waals surface area contributed by atoms with Crippen molar-refractivity contribution in [1.82, 2.24) is 9.13 Å². The van der Waals surface area contributed by atoms with Crippen molar-refractivity contribution in [2.24, 2.45) is 0 Å². The molecule has 12 rings (SSSR count). The summed E-state index contributed by atoms with van der Waals surface area (Å²) in [5, 5.41) is 55.4. The molecule has 0 fully saturated rings. The average molecular weight is 1050 g/mol. The van der Waals surface area contributed by atoms with Crippen LogP contribution in [0.5, 0.6) is 0 Å². The van der Waals surface area contributed by atoms with Gasteiger partial charge in [0.1, 0.15) is 11.6 Å². The summed E-state index contributed by atoms with van der Waals surface area (Å²) in [6.07, 6.45) is -10.7. The Bertz CT molecular complexity index is 4570. The smallest absolute Gasteiger partial charge is 0.308 e. The first-order valence-corrected chi connectivity index (χ1v) is 24.8. The molecular formula is C67H33F6N7. The SMILES string of the molecule is N#Cc1ccccc1-c1ccc2c3ccc(-c4ccccc4C#N)cc3n(-c3ccc(-c4c(C(F)(F)F)cccc4C(F)(F)F)c(-n4c5cc(-c6ccccc6C#N)ccc5c5ccc(-c6ccccc6C#N)cc54)c3C#N)c2c1. The Kier molecular flexibility index (Phi) is 11.9. The van der Waals surface area contributed by atoms with E-state index in [2.05, 4.69) is 30.3 Å². The maximum absolute atomic E-state index is 15.7. The van der Waals surface area contributed by atoms with Crippen molar-refractivity contribution in [2.75, 3.05) is 0 Å². The highest BCUT2D eigenvalue weighted by Gasteiger charge is 2.42. The van der Waals surface area contributed by atoms with E-state index < -0.39 is 34.6 Å². The van der Waals surface area contributed by atoms with E-state index >= 15 is 26.3 Å². The van der Waals surface area contributed by atoms with Crippen LogP contribution in [0.4, 0.5) is 26.3 Å². The number of hydrogen-bond donors (Lipinski definition) is 0. The van der Waals surface area contributed by atoms with Gasteiger partial charge < -0.3 is 9.13 Å². The lowest BCUT2D eigenvalue weighted by Gasteiger charge is -2.24. The number of fused-ring (bicyclic) bond motifs is 6. The van der Waals surface area contributed by atoms with Crippen LogP contribution in [0, 0.1) is 56.7 Å². The zero-order chi connectivity index (χ0) is 55.6. The number of rotatable bonds is 7. The summed E-state index contributed by atoms with van der Waals surface area (Å²) in [4.78, 5) is 0. The Morgan fingerprint density at radius 1 is 0.312 bits per heavy atom. The van der Waals surface area contributed by atoms with Crippen LogP contribution in [0.25, 0.3) is 111 Å². The molecule has 0 aliphatic rings.